The molecule has 0 spiro atoms. The van der Waals surface area contributed by atoms with Crippen LogP contribution in [-0.2, 0) is 11.2 Å². The summed E-state index contributed by atoms with van der Waals surface area (Å²) in [5.41, 5.74) is 3.20. The SMILES string of the molecule is O=C(O)c1csc(SCCN2C(=O)CC[C@@H]2C=C[C@@H](O)Cc2cccc(-c3ccc(Cl)cc3)c2)n1. The lowest BCUT2D eigenvalue weighted by molar-refractivity contribution is -0.128. The largest absolute Gasteiger partial charge is 0.476 e. The van der Waals surface area contributed by atoms with Crippen molar-refractivity contribution in [3.05, 3.63) is 82.3 Å². The van der Waals surface area contributed by atoms with Crippen molar-refractivity contribution in [2.24, 2.45) is 0 Å². The fraction of sp³-hybridized carbons (Fsp3) is 0.269. The predicted molar refractivity (Wildman–Crippen MR) is 140 cm³/mol. The molecule has 1 amide bonds. The van der Waals surface area contributed by atoms with Gasteiger partial charge in [-0.3, -0.25) is 4.79 Å². The molecular weight excluding hydrogens is 504 g/mol. The second-order valence-electron chi connectivity index (χ2n) is 8.21. The normalized spacial score (nSPS) is 16.8. The van der Waals surface area contributed by atoms with Crippen molar-refractivity contribution in [3.63, 3.8) is 0 Å². The highest BCUT2D eigenvalue weighted by Crippen LogP contribution is 2.26. The van der Waals surface area contributed by atoms with Crippen molar-refractivity contribution in [1.29, 1.82) is 0 Å². The maximum atomic E-state index is 12.4. The van der Waals surface area contributed by atoms with E-state index >= 15 is 0 Å². The number of nitrogens with zero attached hydrogens (tertiary/aromatic N) is 2. The van der Waals surface area contributed by atoms with E-state index in [0.29, 0.717) is 34.5 Å². The number of likely N-dealkylation sites (tertiary alicyclic amines) is 1. The molecular formula is C26H25ClN2O4S2. The standard InChI is InChI=1S/C26H25ClN2O4S2/c27-20-6-4-18(5-7-20)19-3-1-2-17(14-19)15-22(30)10-8-21-9-11-24(31)29(21)12-13-34-26-28-23(16-35-26)25(32)33/h1-8,10,14,16,21-22,30H,9,11-13,15H2,(H,32,33)/t21-,22+/m0/s1. The summed E-state index contributed by atoms with van der Waals surface area (Å²) < 4.78 is 0.678. The second kappa shape index (κ2) is 11.9. The highest BCUT2D eigenvalue weighted by atomic mass is 35.5. The predicted octanol–water partition coefficient (Wildman–Crippen LogP) is 5.40. The van der Waals surface area contributed by atoms with Crippen LogP contribution in [0.5, 0.6) is 0 Å². The minimum absolute atomic E-state index is 0.0447. The number of carbonyl (C=O) groups excluding carboxylic acids is 1. The first-order valence-corrected chi connectivity index (χ1v) is 13.5. The maximum Gasteiger partial charge on any atom is 0.355 e. The first-order valence-electron chi connectivity index (χ1n) is 11.2. The number of thiazole rings is 1. The molecule has 0 bridgehead atoms. The Bertz CT molecular complexity index is 1210. The van der Waals surface area contributed by atoms with E-state index in [4.69, 9.17) is 16.7 Å². The van der Waals surface area contributed by atoms with Crippen molar-refractivity contribution < 1.29 is 19.8 Å². The van der Waals surface area contributed by atoms with Crippen LogP contribution in [0.1, 0.15) is 28.9 Å². The highest BCUT2D eigenvalue weighted by molar-refractivity contribution is 8.01. The van der Waals surface area contributed by atoms with Gasteiger partial charge in [-0.15, -0.1) is 11.3 Å². The minimum atomic E-state index is -1.04. The van der Waals surface area contributed by atoms with Crippen molar-refractivity contribution in [2.45, 2.75) is 35.7 Å². The molecule has 182 valence electrons. The number of thioether (sulfide) groups is 1. The Balaban J connectivity index is 1.31. The lowest BCUT2D eigenvalue weighted by atomic mass is 10.00. The summed E-state index contributed by atoms with van der Waals surface area (Å²) in [5.74, 6) is -0.318. The van der Waals surface area contributed by atoms with Gasteiger partial charge < -0.3 is 15.1 Å². The Labute approximate surface area is 217 Å². The summed E-state index contributed by atoms with van der Waals surface area (Å²) in [4.78, 5) is 29.2. The molecule has 1 aliphatic heterocycles. The number of aliphatic hydroxyl groups excluding tert-OH is 1. The number of carboxylic acids is 1. The van der Waals surface area contributed by atoms with Gasteiger partial charge in [-0.25, -0.2) is 9.78 Å². The third kappa shape index (κ3) is 6.95. The molecule has 0 radical (unpaired) electrons. The summed E-state index contributed by atoms with van der Waals surface area (Å²) in [5, 5.41) is 21.8. The van der Waals surface area contributed by atoms with Crippen LogP contribution in [0.25, 0.3) is 11.1 Å². The molecule has 1 saturated heterocycles. The van der Waals surface area contributed by atoms with Gasteiger partial charge in [-0.2, -0.15) is 0 Å². The first-order chi connectivity index (χ1) is 16.9. The average molecular weight is 529 g/mol. The molecule has 2 N–H and O–H groups in total. The van der Waals surface area contributed by atoms with Crippen molar-refractivity contribution >= 4 is 46.6 Å². The highest BCUT2D eigenvalue weighted by Gasteiger charge is 2.28. The molecule has 1 aromatic heterocycles. The van der Waals surface area contributed by atoms with Crippen molar-refractivity contribution in [3.8, 4) is 11.1 Å². The number of aromatic carboxylic acids is 1. The molecule has 2 heterocycles. The van der Waals surface area contributed by atoms with Crippen LogP contribution in [-0.4, -0.2) is 56.4 Å². The zero-order valence-electron chi connectivity index (χ0n) is 18.8. The van der Waals surface area contributed by atoms with Crippen molar-refractivity contribution in [2.75, 3.05) is 12.3 Å². The number of aliphatic hydroxyl groups is 1. The van der Waals surface area contributed by atoms with E-state index in [-0.39, 0.29) is 17.6 Å². The summed E-state index contributed by atoms with van der Waals surface area (Å²) in [6.07, 6.45) is 4.73. The quantitative estimate of drug-likeness (QED) is 0.270. The molecule has 4 rings (SSSR count). The number of carboxylic acid groups (broad SMARTS) is 1. The Morgan fingerprint density at radius 2 is 2.06 bits per heavy atom. The number of halogens is 1. The fourth-order valence-corrected chi connectivity index (χ4v) is 5.92. The van der Waals surface area contributed by atoms with E-state index in [1.165, 1.54) is 28.5 Å². The van der Waals surface area contributed by atoms with Gasteiger partial charge in [0.1, 0.15) is 0 Å². The number of benzene rings is 2. The third-order valence-electron chi connectivity index (χ3n) is 5.74. The van der Waals surface area contributed by atoms with Gasteiger partial charge in [0, 0.05) is 35.5 Å². The van der Waals surface area contributed by atoms with Gasteiger partial charge in [-0.05, 0) is 35.2 Å². The van der Waals surface area contributed by atoms with E-state index in [9.17, 15) is 14.7 Å². The Morgan fingerprint density at radius 1 is 1.26 bits per heavy atom. The molecule has 0 unspecified atom stereocenters. The molecule has 2 atom stereocenters. The summed E-state index contributed by atoms with van der Waals surface area (Å²) >= 11 is 8.72. The molecule has 1 aliphatic rings. The van der Waals surface area contributed by atoms with Gasteiger partial charge in [0.15, 0.2) is 10.0 Å². The molecule has 0 saturated carbocycles. The van der Waals surface area contributed by atoms with Gasteiger partial charge in [0.05, 0.1) is 12.1 Å². The lowest BCUT2D eigenvalue weighted by Crippen LogP contribution is -2.33. The molecule has 1 fully saturated rings. The minimum Gasteiger partial charge on any atom is -0.476 e. The number of amides is 1. The number of carbonyl (C=O) groups is 2. The number of rotatable bonds is 10. The Kier molecular flexibility index (Phi) is 8.62. The number of hydrogen-bond donors (Lipinski definition) is 2. The maximum absolute atomic E-state index is 12.4. The van der Waals surface area contributed by atoms with Crippen LogP contribution in [0.15, 0.2) is 70.4 Å². The first kappa shape index (κ1) is 25.4. The fourth-order valence-electron chi connectivity index (χ4n) is 3.99. The van der Waals surface area contributed by atoms with Crippen LogP contribution in [0, 0.1) is 0 Å². The smallest absolute Gasteiger partial charge is 0.355 e. The Hall–Kier alpha value is -2.65. The zero-order valence-corrected chi connectivity index (χ0v) is 21.2. The summed E-state index contributed by atoms with van der Waals surface area (Å²) in [6.45, 7) is 0.541. The van der Waals surface area contributed by atoms with Crippen molar-refractivity contribution in [1.82, 2.24) is 9.88 Å². The second-order valence-corrected chi connectivity index (χ2v) is 10.8. The summed E-state index contributed by atoms with van der Waals surface area (Å²) in [7, 11) is 0. The van der Waals surface area contributed by atoms with E-state index in [1.807, 2.05) is 53.4 Å². The summed E-state index contributed by atoms with van der Waals surface area (Å²) in [6, 6.07) is 15.7. The number of hydrogen-bond acceptors (Lipinski definition) is 6. The molecule has 0 aliphatic carbocycles. The molecule has 2 aromatic carbocycles. The Morgan fingerprint density at radius 3 is 2.80 bits per heavy atom. The zero-order chi connectivity index (χ0) is 24.8. The van der Waals surface area contributed by atoms with E-state index < -0.39 is 12.1 Å². The average Bonchev–Trinajstić information content (AvgIpc) is 3.46. The van der Waals surface area contributed by atoms with Gasteiger partial charge in [-0.1, -0.05) is 71.9 Å². The van der Waals surface area contributed by atoms with Gasteiger partial charge in [0.2, 0.25) is 5.91 Å². The molecule has 3 aromatic rings. The monoisotopic (exact) mass is 528 g/mol. The van der Waals surface area contributed by atoms with Crippen LogP contribution >= 0.6 is 34.7 Å². The van der Waals surface area contributed by atoms with Crippen LogP contribution in [0.4, 0.5) is 0 Å². The van der Waals surface area contributed by atoms with Gasteiger partial charge >= 0.3 is 5.97 Å². The van der Waals surface area contributed by atoms with E-state index in [0.717, 1.165) is 23.1 Å². The van der Waals surface area contributed by atoms with Gasteiger partial charge in [0.25, 0.3) is 0 Å². The van der Waals surface area contributed by atoms with Crippen LogP contribution in [0.3, 0.4) is 0 Å². The topological polar surface area (TPSA) is 90.7 Å². The van der Waals surface area contributed by atoms with E-state index in [1.54, 1.807) is 6.08 Å². The van der Waals surface area contributed by atoms with Crippen LogP contribution in [0.2, 0.25) is 5.02 Å². The lowest BCUT2D eigenvalue weighted by Gasteiger charge is -2.22. The van der Waals surface area contributed by atoms with Crippen LogP contribution < -0.4 is 0 Å². The molecule has 6 nitrogen and oxygen atoms in total. The molecule has 35 heavy (non-hydrogen) atoms. The third-order valence-corrected chi connectivity index (χ3v) is 7.99. The van der Waals surface area contributed by atoms with E-state index in [2.05, 4.69) is 11.1 Å². The molecule has 9 heteroatoms. The number of aromatic nitrogens is 1.